The molecule has 0 saturated carbocycles. The number of hydrogen-bond donors (Lipinski definition) is 2. The third kappa shape index (κ3) is 55.4. The minimum Gasteiger partial charge on any atom is -0.456 e. The molecule has 0 heterocycles. The van der Waals surface area contributed by atoms with Crippen molar-refractivity contribution in [2.75, 3.05) is 40.9 Å². The van der Waals surface area contributed by atoms with Crippen molar-refractivity contribution in [1.82, 2.24) is 5.32 Å². The number of allylic oxidation sites excluding steroid dienone is 17. The maximum atomic E-state index is 13.5. The molecule has 10 heteroatoms. The Labute approximate surface area is 468 Å². The van der Waals surface area contributed by atoms with Gasteiger partial charge in [0.05, 0.1) is 33.8 Å². The molecule has 3 unspecified atom stereocenters. The number of rotatable bonds is 54. The van der Waals surface area contributed by atoms with Crippen molar-refractivity contribution in [2.24, 2.45) is 0 Å². The van der Waals surface area contributed by atoms with Gasteiger partial charge >= 0.3 is 13.8 Å². The molecule has 0 fully saturated rings. The Morgan fingerprint density at radius 3 is 1.26 bits per heavy atom. The van der Waals surface area contributed by atoms with E-state index in [1.165, 1.54) is 77.0 Å². The van der Waals surface area contributed by atoms with Gasteiger partial charge in [0.2, 0.25) is 5.91 Å². The topological polar surface area (TPSA) is 111 Å². The highest BCUT2D eigenvalue weighted by Crippen LogP contribution is 2.43. The molecule has 76 heavy (non-hydrogen) atoms. The summed E-state index contributed by atoms with van der Waals surface area (Å²) in [6.07, 6.45) is 75.1. The highest BCUT2D eigenvalue weighted by Gasteiger charge is 2.30. The number of hydrogen-bond acceptors (Lipinski definition) is 6. The molecule has 1 amide bonds. The van der Waals surface area contributed by atoms with E-state index in [1.807, 2.05) is 33.3 Å². The summed E-state index contributed by atoms with van der Waals surface area (Å²) in [6, 6.07) is -0.872. The van der Waals surface area contributed by atoms with Crippen LogP contribution in [0.2, 0.25) is 0 Å². The van der Waals surface area contributed by atoms with Crippen LogP contribution in [0.25, 0.3) is 0 Å². The van der Waals surface area contributed by atoms with Crippen molar-refractivity contribution in [3.63, 3.8) is 0 Å². The monoisotopic (exact) mass is 1080 g/mol. The van der Waals surface area contributed by atoms with Crippen molar-refractivity contribution in [2.45, 2.75) is 258 Å². The first-order chi connectivity index (χ1) is 36.9. The lowest BCUT2D eigenvalue weighted by Gasteiger charge is -2.27. The second-order valence-electron chi connectivity index (χ2n) is 21.5. The van der Waals surface area contributed by atoms with E-state index in [0.29, 0.717) is 23.9 Å². The van der Waals surface area contributed by atoms with Gasteiger partial charge in [0.25, 0.3) is 0 Å². The van der Waals surface area contributed by atoms with E-state index < -0.39 is 20.0 Å². The molecule has 0 spiro atoms. The van der Waals surface area contributed by atoms with Gasteiger partial charge < -0.3 is 19.4 Å². The lowest BCUT2D eigenvalue weighted by Crippen LogP contribution is -2.47. The molecule has 9 nitrogen and oxygen atoms in total. The number of amides is 1. The molecular formula is C66H116N2O7P+. The van der Waals surface area contributed by atoms with Crippen LogP contribution in [0.3, 0.4) is 0 Å². The smallest absolute Gasteiger partial charge is 0.456 e. The van der Waals surface area contributed by atoms with Gasteiger partial charge in [0, 0.05) is 12.8 Å². The summed E-state index contributed by atoms with van der Waals surface area (Å²) in [4.78, 5) is 37.7. The predicted octanol–water partition coefficient (Wildman–Crippen LogP) is 18.9. The van der Waals surface area contributed by atoms with Gasteiger partial charge in [0.15, 0.2) is 0 Å². The molecule has 3 atom stereocenters. The zero-order valence-electron chi connectivity index (χ0n) is 49.7. The number of likely N-dealkylation sites (N-methyl/N-ethyl adjacent to an activating group) is 1. The van der Waals surface area contributed by atoms with Crippen LogP contribution < -0.4 is 5.32 Å². The number of phosphoric ester groups is 1. The summed E-state index contributed by atoms with van der Waals surface area (Å²) in [5, 5.41) is 3.04. The van der Waals surface area contributed by atoms with Crippen molar-refractivity contribution < 1.29 is 37.3 Å². The average molecular weight is 1080 g/mol. The molecule has 0 radical (unpaired) electrons. The van der Waals surface area contributed by atoms with Crippen molar-refractivity contribution in [3.8, 4) is 0 Å². The van der Waals surface area contributed by atoms with E-state index in [1.54, 1.807) is 0 Å². The number of phosphoric acid groups is 1. The van der Waals surface area contributed by atoms with Gasteiger partial charge in [0.1, 0.15) is 19.3 Å². The van der Waals surface area contributed by atoms with Crippen LogP contribution in [0.1, 0.15) is 245 Å². The Balaban J connectivity index is 5.33. The Kier molecular flexibility index (Phi) is 52.6. The van der Waals surface area contributed by atoms with E-state index in [9.17, 15) is 19.0 Å². The van der Waals surface area contributed by atoms with Crippen LogP contribution in [0.15, 0.2) is 109 Å². The minimum absolute atomic E-state index is 0.0280. The second kappa shape index (κ2) is 55.0. The number of unbranched alkanes of at least 4 members (excludes halogenated alkanes) is 22. The Bertz CT molecular complexity index is 1670. The number of ether oxygens (including phenoxy) is 1. The molecule has 2 N–H and O–H groups in total. The number of carbonyl (C=O) groups is 2. The average Bonchev–Trinajstić information content (AvgIpc) is 3.38. The maximum Gasteiger partial charge on any atom is 0.472 e. The molecule has 0 aromatic rings. The van der Waals surface area contributed by atoms with Crippen molar-refractivity contribution in [1.29, 1.82) is 0 Å². The van der Waals surface area contributed by atoms with Crippen LogP contribution in [-0.4, -0.2) is 74.3 Å². The standard InChI is InChI=1S/C66H115N2O7P/c1-7-10-13-16-19-22-25-28-30-31-32-33-34-35-36-37-38-40-43-46-49-52-55-58-65(69)67-63(62-74-76(71,72)73-61-60-68(4,5)6)64(57-54-51-48-45-42-39-27-24-21-18-15-12-9-3)75-66(70)59-56-53-50-47-44-41-29-26-23-20-17-14-11-8-2/h10-11,13-14,19-20,22-23,28,30,32-33,35-36,38,40,54,57,63-64H,7-9,12,15-18,21,24-27,29,31,34,37,39,41-53,55-56,58-62H2,1-6H3,(H-,67,69,71,72)/p+1/b13-10-,14-11+,22-19-,23-20+,30-28-,33-32-,36-35-,40-38-,57-54-. The zero-order valence-corrected chi connectivity index (χ0v) is 50.6. The predicted molar refractivity (Wildman–Crippen MR) is 327 cm³/mol. The molecule has 0 aliphatic carbocycles. The number of quaternary nitrogens is 1. The quantitative estimate of drug-likeness (QED) is 0.0205. The van der Waals surface area contributed by atoms with Crippen LogP contribution in [0, 0.1) is 0 Å². The Morgan fingerprint density at radius 2 is 0.842 bits per heavy atom. The van der Waals surface area contributed by atoms with E-state index in [2.05, 4.69) is 123 Å². The first-order valence-corrected chi connectivity index (χ1v) is 32.2. The number of nitrogens with zero attached hydrogens (tertiary/aromatic N) is 1. The molecule has 0 aliphatic rings. The SMILES string of the molecule is CC/C=C\C/C=C\C/C=C\C/C=C\C/C=C\C/C=C\CCCCCCC(=O)NC(COP(=O)(O)OCC[N+](C)(C)C)C(/C=C\CCCCCCCCCCCCC)OC(=O)CCCCCCCCC/C=C/C/C=C/CC. The largest absolute Gasteiger partial charge is 0.472 e. The third-order valence-corrected chi connectivity index (χ3v) is 13.9. The normalized spacial score (nSPS) is 14.5. The molecule has 0 aromatic heterocycles. The van der Waals surface area contributed by atoms with Crippen molar-refractivity contribution >= 4 is 19.7 Å². The number of esters is 1. The van der Waals surface area contributed by atoms with Crippen molar-refractivity contribution in [3.05, 3.63) is 109 Å². The van der Waals surface area contributed by atoms with Gasteiger partial charge in [-0.05, 0) is 109 Å². The zero-order chi connectivity index (χ0) is 55.7. The minimum atomic E-state index is -4.46. The maximum absolute atomic E-state index is 13.5. The Hall–Kier alpha value is -3.33. The highest BCUT2D eigenvalue weighted by atomic mass is 31.2. The summed E-state index contributed by atoms with van der Waals surface area (Å²) in [7, 11) is 1.46. The van der Waals surface area contributed by atoms with Gasteiger partial charge in [-0.15, -0.1) is 0 Å². The van der Waals surface area contributed by atoms with Gasteiger partial charge in [-0.1, -0.05) is 233 Å². The highest BCUT2D eigenvalue weighted by molar-refractivity contribution is 7.47. The fraction of sp³-hybridized carbons (Fsp3) is 0.697. The fourth-order valence-electron chi connectivity index (χ4n) is 8.27. The van der Waals surface area contributed by atoms with E-state index in [0.717, 1.165) is 128 Å². The first-order valence-electron chi connectivity index (χ1n) is 30.7. The van der Waals surface area contributed by atoms with Gasteiger partial charge in [-0.2, -0.15) is 0 Å². The molecule has 0 rings (SSSR count). The molecule has 0 bridgehead atoms. The third-order valence-electron chi connectivity index (χ3n) is 13.0. The fourth-order valence-corrected chi connectivity index (χ4v) is 9.01. The van der Waals surface area contributed by atoms with Crippen LogP contribution >= 0.6 is 7.82 Å². The second-order valence-corrected chi connectivity index (χ2v) is 22.9. The molecular weight excluding hydrogens is 964 g/mol. The molecule has 0 saturated heterocycles. The molecule has 0 aliphatic heterocycles. The lowest BCUT2D eigenvalue weighted by molar-refractivity contribution is -0.870. The summed E-state index contributed by atoms with van der Waals surface area (Å²) in [5.74, 6) is -0.549. The summed E-state index contributed by atoms with van der Waals surface area (Å²) in [6.45, 7) is 6.76. The van der Waals surface area contributed by atoms with Crippen LogP contribution in [0.5, 0.6) is 0 Å². The van der Waals surface area contributed by atoms with E-state index in [4.69, 9.17) is 13.8 Å². The Morgan fingerprint density at radius 1 is 0.474 bits per heavy atom. The number of carbonyl (C=O) groups excluding carboxylic acids is 2. The first kappa shape index (κ1) is 72.7. The summed E-state index contributed by atoms with van der Waals surface area (Å²) in [5.41, 5.74) is 0. The summed E-state index contributed by atoms with van der Waals surface area (Å²) >= 11 is 0. The van der Waals surface area contributed by atoms with Gasteiger partial charge in [-0.3, -0.25) is 18.6 Å². The lowest BCUT2D eigenvalue weighted by atomic mass is 10.0. The van der Waals surface area contributed by atoms with E-state index >= 15 is 0 Å². The van der Waals surface area contributed by atoms with Gasteiger partial charge in [-0.25, -0.2) is 4.57 Å². The van der Waals surface area contributed by atoms with Crippen LogP contribution in [-0.2, 0) is 27.9 Å². The summed E-state index contributed by atoms with van der Waals surface area (Å²) < 4.78 is 30.7. The van der Waals surface area contributed by atoms with Crippen LogP contribution in [0.4, 0.5) is 0 Å². The molecule has 0 aromatic carbocycles. The molecule has 436 valence electrons. The van der Waals surface area contributed by atoms with E-state index in [-0.39, 0.29) is 31.5 Å². The number of nitrogens with one attached hydrogen (secondary N) is 1.